The average Bonchev–Trinajstić information content (AvgIpc) is 3.30. The van der Waals surface area contributed by atoms with Crippen molar-refractivity contribution in [1.29, 1.82) is 0 Å². The van der Waals surface area contributed by atoms with Crippen molar-refractivity contribution in [1.82, 2.24) is 9.80 Å². The van der Waals surface area contributed by atoms with Gasteiger partial charge in [-0.1, -0.05) is 69.3 Å². The van der Waals surface area contributed by atoms with E-state index in [4.69, 9.17) is 37.9 Å². The molecule has 0 amide bonds. The summed E-state index contributed by atoms with van der Waals surface area (Å²) in [4.78, 5) is 56.0. The lowest BCUT2D eigenvalue weighted by atomic mass is 9.82. The number of rotatable bonds is 15. The van der Waals surface area contributed by atoms with Gasteiger partial charge in [0.25, 0.3) is 0 Å². The van der Waals surface area contributed by atoms with Crippen LogP contribution in [0, 0.1) is 11.8 Å². The van der Waals surface area contributed by atoms with Gasteiger partial charge in [0, 0.05) is 45.8 Å². The first-order valence-electron chi connectivity index (χ1n) is 25.0. The molecule has 17 nitrogen and oxygen atoms in total. The number of carbonyl (C=O) groups is 4. The van der Waals surface area contributed by atoms with E-state index < -0.39 is 116 Å². The van der Waals surface area contributed by atoms with E-state index in [0.717, 1.165) is 22.6 Å². The van der Waals surface area contributed by atoms with Gasteiger partial charge in [-0.25, -0.2) is 0 Å². The second-order valence-electron chi connectivity index (χ2n) is 19.9. The van der Waals surface area contributed by atoms with Gasteiger partial charge < -0.3 is 67.8 Å². The zero-order valence-corrected chi connectivity index (χ0v) is 42.8. The van der Waals surface area contributed by atoms with E-state index >= 15 is 0 Å². The summed E-state index contributed by atoms with van der Waals surface area (Å²) in [5.74, 6) is -2.78. The van der Waals surface area contributed by atoms with Crippen LogP contribution in [0.2, 0.25) is 0 Å². The molecule has 0 radical (unpaired) electrons. The number of hydrogen-bond acceptors (Lipinski definition) is 17. The number of hydrogen-bond donors (Lipinski definition) is 3. The fourth-order valence-electron chi connectivity index (χ4n) is 10.1. The Hall–Kier alpha value is -3.88. The van der Waals surface area contributed by atoms with Crippen LogP contribution in [-0.4, -0.2) is 176 Å². The second-order valence-corrected chi connectivity index (χ2v) is 19.9. The van der Waals surface area contributed by atoms with Crippen molar-refractivity contribution in [2.45, 2.75) is 185 Å². The maximum Gasteiger partial charge on any atom is 0.309 e. The Morgan fingerprint density at radius 1 is 0.929 bits per heavy atom. The first-order valence-corrected chi connectivity index (χ1v) is 25.0. The summed E-state index contributed by atoms with van der Waals surface area (Å²) in [7, 11) is 6.84. The summed E-state index contributed by atoms with van der Waals surface area (Å²) in [6.07, 6.45) is -5.87. The molecule has 3 heterocycles. The van der Waals surface area contributed by atoms with Gasteiger partial charge in [0.15, 0.2) is 18.7 Å². The molecular weight excluding hydrogens is 905 g/mol. The number of esters is 3. The van der Waals surface area contributed by atoms with E-state index in [1.165, 1.54) is 7.11 Å². The topological polar surface area (TPSA) is 209 Å². The maximum absolute atomic E-state index is 14.2. The number of nitrogens with zero attached hydrogens (tertiary/aromatic N) is 2. The van der Waals surface area contributed by atoms with E-state index in [1.807, 2.05) is 49.2 Å². The van der Waals surface area contributed by atoms with Crippen LogP contribution in [0.1, 0.15) is 105 Å². The molecule has 0 bridgehead atoms. The van der Waals surface area contributed by atoms with Crippen LogP contribution >= 0.6 is 0 Å². The lowest BCUT2D eigenvalue weighted by Crippen LogP contribution is -2.66. The summed E-state index contributed by atoms with van der Waals surface area (Å²) in [5.41, 5.74) is -0.502. The number of aldehydes is 1. The molecule has 70 heavy (non-hydrogen) atoms. The molecule has 0 saturated carbocycles. The number of likely N-dealkylation sites (N-methyl/N-ethyl adjacent to an activating group) is 2. The Kier molecular flexibility index (Phi) is 21.8. The number of ether oxygens (including phenoxy) is 8. The minimum atomic E-state index is -1.50. The third-order valence-corrected chi connectivity index (χ3v) is 13.9. The summed E-state index contributed by atoms with van der Waals surface area (Å²) in [6, 6.07) is 13.5. The van der Waals surface area contributed by atoms with E-state index in [-0.39, 0.29) is 38.0 Å². The van der Waals surface area contributed by atoms with Crippen molar-refractivity contribution in [3.63, 3.8) is 0 Å². The summed E-state index contributed by atoms with van der Waals surface area (Å²) < 4.78 is 49.9. The monoisotopic (exact) mass is 985 g/mol. The maximum atomic E-state index is 14.2. The lowest BCUT2D eigenvalue weighted by molar-refractivity contribution is -0.344. The SMILES string of the molecule is CCC(=O)O[C@@H]1CC(=O)O[C@@H](CC=Cc2ccc3ccccc3c2)CCCN(C)C[C@H](O)[C@H](C)C[C@H](CC=O)[C@H](O[C@@H]2OC(C)[C@@H](O[C@H]3CC(C)(O)[C@@H](OC(=O)CC)C(C)O3)C(N(C)C)C2O)[C@H]1OC. The highest BCUT2D eigenvalue weighted by Gasteiger charge is 2.53. The largest absolute Gasteiger partial charge is 0.462 e. The summed E-state index contributed by atoms with van der Waals surface area (Å²) in [5, 5.41) is 37.6. The molecule has 5 unspecified atom stereocenters. The Labute approximate surface area is 414 Å². The van der Waals surface area contributed by atoms with E-state index in [2.05, 4.69) is 24.3 Å². The molecule has 17 heteroatoms. The predicted molar refractivity (Wildman–Crippen MR) is 261 cm³/mol. The third kappa shape index (κ3) is 15.6. The lowest BCUT2D eigenvalue weighted by Gasteiger charge is -2.50. The third-order valence-electron chi connectivity index (χ3n) is 13.9. The van der Waals surface area contributed by atoms with Crippen molar-refractivity contribution < 1.29 is 72.4 Å². The number of fused-ring (bicyclic) bond motifs is 1. The number of cyclic esters (lactones) is 1. The van der Waals surface area contributed by atoms with Gasteiger partial charge in [0.1, 0.15) is 42.4 Å². The van der Waals surface area contributed by atoms with Gasteiger partial charge in [-0.05, 0) is 102 Å². The molecule has 0 spiro atoms. The molecule has 392 valence electrons. The number of carbonyl (C=O) groups excluding carboxylic acids is 4. The summed E-state index contributed by atoms with van der Waals surface area (Å²) in [6.45, 7) is 11.1. The van der Waals surface area contributed by atoms with Gasteiger partial charge in [-0.3, -0.25) is 14.4 Å². The van der Waals surface area contributed by atoms with Crippen LogP contribution in [0.5, 0.6) is 0 Å². The van der Waals surface area contributed by atoms with Crippen molar-refractivity contribution in [3.05, 3.63) is 54.1 Å². The van der Waals surface area contributed by atoms with E-state index in [1.54, 1.807) is 53.6 Å². The highest BCUT2D eigenvalue weighted by Crippen LogP contribution is 2.38. The second kappa shape index (κ2) is 26.7. The number of benzene rings is 2. The molecular formula is C53H80N2O15. The smallest absolute Gasteiger partial charge is 0.309 e. The molecule has 0 aromatic heterocycles. The fourth-order valence-corrected chi connectivity index (χ4v) is 10.1. The van der Waals surface area contributed by atoms with Gasteiger partial charge in [0.2, 0.25) is 0 Å². The molecule has 16 atom stereocenters. The predicted octanol–water partition coefficient (Wildman–Crippen LogP) is 5.21. The van der Waals surface area contributed by atoms with Crippen LogP contribution in [-0.2, 0) is 57.1 Å². The Bertz CT molecular complexity index is 2020. The van der Waals surface area contributed by atoms with Crippen molar-refractivity contribution in [2.24, 2.45) is 11.8 Å². The van der Waals surface area contributed by atoms with Gasteiger partial charge in [-0.15, -0.1) is 0 Å². The Morgan fingerprint density at radius 2 is 1.63 bits per heavy atom. The molecule has 3 fully saturated rings. The number of β-amino-alcohol motifs (C(OH)–C–C–N with tert-alkyl or cyclic N) is 1. The molecule has 5 rings (SSSR count). The van der Waals surface area contributed by atoms with Crippen LogP contribution in [0.4, 0.5) is 0 Å². The minimum absolute atomic E-state index is 0.0124. The van der Waals surface area contributed by atoms with Gasteiger partial charge in [0.05, 0.1) is 36.9 Å². The Balaban J connectivity index is 1.44. The molecule has 3 N–H and O–H groups in total. The van der Waals surface area contributed by atoms with E-state index in [0.29, 0.717) is 32.4 Å². The molecule has 3 saturated heterocycles. The van der Waals surface area contributed by atoms with Crippen LogP contribution < -0.4 is 0 Å². The van der Waals surface area contributed by atoms with Crippen molar-refractivity contribution >= 4 is 41.0 Å². The number of methoxy groups -OCH3 is 1. The molecule has 2 aromatic rings. The Morgan fingerprint density at radius 3 is 2.29 bits per heavy atom. The quantitative estimate of drug-likeness (QED) is 0.119. The molecule has 0 aliphatic carbocycles. The number of aliphatic hydroxyl groups is 3. The normalized spacial score (nSPS) is 35.6. The molecule has 2 aromatic carbocycles. The average molecular weight is 985 g/mol. The van der Waals surface area contributed by atoms with Gasteiger partial charge in [-0.2, -0.15) is 0 Å². The number of aliphatic hydroxyl groups excluding tert-OH is 2. The standard InChI is InChI=1S/C53H80N2O15/c1-11-42(58)67-41-29-44(60)66-39(20-15-17-35-22-23-36-18-13-14-19-37(36)28-35)21-16-25-55(9)31-40(57)32(3)27-38(24-26-56)49(50(41)63-10)70-52-47(61)46(54(7)8)48(33(4)65-52)69-45-30-53(6,62)51(34(5)64-45)68-43(59)12-2/h13-15,17-19,22-23,26,28,32-34,38-41,45-52,57,61-62H,11-12,16,20-21,24-25,27,29-31H2,1-10H3/t32-,33?,34?,38+,39+,40+,41-,45+,46?,47?,48-,49+,50+,51+,52+,53?/m1/s1. The highest BCUT2D eigenvalue weighted by molar-refractivity contribution is 5.84. The highest BCUT2D eigenvalue weighted by atomic mass is 16.7. The van der Waals surface area contributed by atoms with E-state index in [9.17, 15) is 34.5 Å². The zero-order chi connectivity index (χ0) is 51.3. The first kappa shape index (κ1) is 57.0. The zero-order valence-electron chi connectivity index (χ0n) is 42.8. The van der Waals surface area contributed by atoms with Crippen molar-refractivity contribution in [2.75, 3.05) is 41.3 Å². The van der Waals surface area contributed by atoms with Crippen LogP contribution in [0.25, 0.3) is 16.8 Å². The summed E-state index contributed by atoms with van der Waals surface area (Å²) >= 11 is 0. The molecule has 3 aliphatic heterocycles. The van der Waals surface area contributed by atoms with Crippen LogP contribution in [0.3, 0.4) is 0 Å². The minimum Gasteiger partial charge on any atom is -0.462 e. The van der Waals surface area contributed by atoms with Gasteiger partial charge >= 0.3 is 17.9 Å². The molecule has 3 aliphatic rings. The van der Waals surface area contributed by atoms with Crippen molar-refractivity contribution in [3.8, 4) is 0 Å². The van der Waals surface area contributed by atoms with Crippen LogP contribution in [0.15, 0.2) is 48.5 Å². The fraction of sp³-hybridized carbons (Fsp3) is 0.698. The first-order chi connectivity index (χ1) is 33.3.